The van der Waals surface area contributed by atoms with Crippen molar-refractivity contribution in [3.8, 4) is 5.75 Å². The van der Waals surface area contributed by atoms with Gasteiger partial charge in [-0.05, 0) is 36.2 Å². The van der Waals surface area contributed by atoms with E-state index in [0.717, 1.165) is 11.6 Å². The largest absolute Gasteiger partial charge is 0.508 e. The number of phenolic OH excluding ortho intramolecular Hbond substituents is 1. The summed E-state index contributed by atoms with van der Waals surface area (Å²) in [5, 5.41) is 19.0. The topological polar surface area (TPSA) is 70.0 Å². The quantitative estimate of drug-likeness (QED) is 0.839. The lowest BCUT2D eigenvalue weighted by Crippen LogP contribution is -2.40. The van der Waals surface area contributed by atoms with Crippen molar-refractivity contribution in [3.63, 3.8) is 0 Å². The van der Waals surface area contributed by atoms with Crippen molar-refractivity contribution in [2.45, 2.75) is 38.1 Å². The summed E-state index contributed by atoms with van der Waals surface area (Å²) in [4.78, 5) is 13.8. The number of hydrogen-bond acceptors (Lipinski definition) is 4. The second-order valence-electron chi connectivity index (χ2n) is 6.65. The highest BCUT2D eigenvalue weighted by Crippen LogP contribution is 2.34. The maximum atomic E-state index is 12.3. The molecule has 0 bridgehead atoms. The zero-order chi connectivity index (χ0) is 15.6. The Labute approximate surface area is 126 Å². The van der Waals surface area contributed by atoms with Gasteiger partial charge in [0.15, 0.2) is 0 Å². The van der Waals surface area contributed by atoms with Crippen molar-refractivity contribution in [2.75, 3.05) is 18.1 Å². The first kappa shape index (κ1) is 15.8. The van der Waals surface area contributed by atoms with Crippen LogP contribution in [-0.2, 0) is 11.2 Å². The summed E-state index contributed by atoms with van der Waals surface area (Å²) in [6.07, 6.45) is 0.111. The van der Waals surface area contributed by atoms with Gasteiger partial charge in [0.05, 0.1) is 24.9 Å². The van der Waals surface area contributed by atoms with Gasteiger partial charge in [0.25, 0.3) is 0 Å². The summed E-state index contributed by atoms with van der Waals surface area (Å²) in [6.45, 7) is 6.97. The molecule has 2 rings (SSSR count). The number of benzene rings is 1. The fraction of sp³-hybridized carbons (Fsp3) is 0.533. The van der Waals surface area contributed by atoms with E-state index in [0.29, 0.717) is 18.7 Å². The molecule has 0 radical (unpaired) electrons. The van der Waals surface area contributed by atoms with Gasteiger partial charge in [-0.3, -0.25) is 4.90 Å². The molecule has 0 saturated heterocycles. The molecular formula is C15H23NO4Si. The van der Waals surface area contributed by atoms with Crippen molar-refractivity contribution in [3.05, 3.63) is 23.8 Å². The molecule has 0 saturated carbocycles. The van der Waals surface area contributed by atoms with E-state index in [1.54, 1.807) is 18.2 Å². The molecule has 6 heteroatoms. The number of amides is 1. The number of ether oxygens (including phenoxy) is 1. The van der Waals surface area contributed by atoms with Crippen molar-refractivity contribution < 1.29 is 19.7 Å². The first-order valence-corrected chi connectivity index (χ1v) is 10.9. The number of carbonyl (C=O) groups is 1. The van der Waals surface area contributed by atoms with Gasteiger partial charge in [-0.25, -0.2) is 4.79 Å². The second kappa shape index (κ2) is 6.07. The number of fused-ring (bicyclic) bond motifs is 1. The summed E-state index contributed by atoms with van der Waals surface area (Å²) in [6, 6.07) is 5.47. The van der Waals surface area contributed by atoms with E-state index in [1.807, 2.05) is 0 Å². The van der Waals surface area contributed by atoms with Gasteiger partial charge in [-0.15, -0.1) is 0 Å². The Bertz CT molecular complexity index is 527. The minimum absolute atomic E-state index is 0.126. The Kier molecular flexibility index (Phi) is 4.58. The first-order chi connectivity index (χ1) is 9.81. The van der Waals surface area contributed by atoms with Gasteiger partial charge in [0.2, 0.25) is 0 Å². The normalized spacial score (nSPS) is 17.7. The summed E-state index contributed by atoms with van der Waals surface area (Å²) < 4.78 is 5.37. The Morgan fingerprint density at radius 3 is 2.76 bits per heavy atom. The number of anilines is 1. The molecular weight excluding hydrogens is 286 g/mol. The minimum Gasteiger partial charge on any atom is -0.508 e. The number of rotatable bonds is 4. The van der Waals surface area contributed by atoms with E-state index in [-0.39, 0.29) is 18.4 Å². The molecule has 1 aromatic carbocycles. The number of nitrogens with zero attached hydrogens (tertiary/aromatic N) is 1. The highest BCUT2D eigenvalue weighted by atomic mass is 28.3. The molecule has 1 unspecified atom stereocenters. The maximum Gasteiger partial charge on any atom is 0.414 e. The molecule has 1 atom stereocenters. The van der Waals surface area contributed by atoms with Crippen LogP contribution in [0.1, 0.15) is 5.56 Å². The van der Waals surface area contributed by atoms with Crippen molar-refractivity contribution in [2.24, 2.45) is 0 Å². The lowest BCUT2D eigenvalue weighted by Gasteiger charge is -2.24. The zero-order valence-electron chi connectivity index (χ0n) is 12.8. The average molecular weight is 309 g/mol. The number of aromatic hydroxyl groups is 1. The van der Waals surface area contributed by atoms with Crippen LogP contribution >= 0.6 is 0 Å². The van der Waals surface area contributed by atoms with Crippen LogP contribution in [-0.4, -0.2) is 43.6 Å². The van der Waals surface area contributed by atoms with Crippen molar-refractivity contribution in [1.29, 1.82) is 0 Å². The third-order valence-electron chi connectivity index (χ3n) is 3.63. The molecule has 1 heterocycles. The number of aliphatic hydroxyl groups excluding tert-OH is 1. The summed E-state index contributed by atoms with van der Waals surface area (Å²) in [7, 11) is -1.25. The van der Waals surface area contributed by atoms with Gasteiger partial charge in [-0.2, -0.15) is 0 Å². The fourth-order valence-electron chi connectivity index (χ4n) is 2.42. The number of hydrogen-bond donors (Lipinski definition) is 2. The molecule has 1 amide bonds. The monoisotopic (exact) mass is 309 g/mol. The molecule has 21 heavy (non-hydrogen) atoms. The van der Waals surface area contributed by atoms with Crippen molar-refractivity contribution >= 4 is 19.9 Å². The molecule has 1 aliphatic rings. The van der Waals surface area contributed by atoms with E-state index in [4.69, 9.17) is 4.74 Å². The van der Waals surface area contributed by atoms with Crippen LogP contribution in [0.4, 0.5) is 10.5 Å². The predicted molar refractivity (Wildman–Crippen MR) is 84.7 cm³/mol. The number of phenols is 1. The first-order valence-electron chi connectivity index (χ1n) is 7.20. The zero-order valence-corrected chi connectivity index (χ0v) is 13.8. The Hall–Kier alpha value is -1.53. The number of aliphatic hydroxyl groups is 1. The summed E-state index contributed by atoms with van der Waals surface area (Å²) in [5.41, 5.74) is 1.57. The van der Waals surface area contributed by atoms with Crippen LogP contribution in [0.15, 0.2) is 18.2 Å². The molecule has 0 fully saturated rings. The fourth-order valence-corrected chi connectivity index (χ4v) is 3.13. The SMILES string of the molecule is C[Si](C)(C)CCOC(=O)N1c2ccc(O)cc2CC1CO. The lowest BCUT2D eigenvalue weighted by molar-refractivity contribution is 0.153. The highest BCUT2D eigenvalue weighted by molar-refractivity contribution is 6.76. The third-order valence-corrected chi connectivity index (χ3v) is 5.33. The highest BCUT2D eigenvalue weighted by Gasteiger charge is 2.34. The van der Waals surface area contributed by atoms with Crippen LogP contribution in [0.2, 0.25) is 25.7 Å². The van der Waals surface area contributed by atoms with Crippen LogP contribution in [0, 0.1) is 0 Å². The predicted octanol–water partition coefficient (Wildman–Crippen LogP) is 2.59. The summed E-state index contributed by atoms with van der Waals surface area (Å²) in [5.74, 6) is 0.166. The van der Waals surface area contributed by atoms with E-state index < -0.39 is 14.2 Å². The van der Waals surface area contributed by atoms with Crippen LogP contribution in [0.3, 0.4) is 0 Å². The smallest absolute Gasteiger partial charge is 0.414 e. The molecule has 1 aromatic rings. The maximum absolute atomic E-state index is 12.3. The third kappa shape index (κ3) is 3.77. The molecule has 0 aliphatic carbocycles. The molecule has 116 valence electrons. The Morgan fingerprint density at radius 2 is 2.14 bits per heavy atom. The van der Waals surface area contributed by atoms with Gasteiger partial charge in [0, 0.05) is 8.07 Å². The van der Waals surface area contributed by atoms with Gasteiger partial charge < -0.3 is 14.9 Å². The van der Waals surface area contributed by atoms with Gasteiger partial charge >= 0.3 is 6.09 Å². The van der Waals surface area contributed by atoms with E-state index in [9.17, 15) is 15.0 Å². The van der Waals surface area contributed by atoms with E-state index >= 15 is 0 Å². The lowest BCUT2D eigenvalue weighted by atomic mass is 10.1. The van der Waals surface area contributed by atoms with Crippen LogP contribution in [0.5, 0.6) is 5.75 Å². The molecule has 2 N–H and O–H groups in total. The minimum atomic E-state index is -1.25. The van der Waals surface area contributed by atoms with Crippen LogP contribution in [0.25, 0.3) is 0 Å². The standard InChI is InChI=1S/C15H23NO4Si/c1-21(2,3)7-6-20-15(19)16-12(10-17)8-11-9-13(18)4-5-14(11)16/h4-5,9,12,17-18H,6-8,10H2,1-3H3. The van der Waals surface area contributed by atoms with E-state index in [2.05, 4.69) is 19.6 Å². The average Bonchev–Trinajstić information content (AvgIpc) is 2.74. The number of carbonyl (C=O) groups excluding carboxylic acids is 1. The Morgan fingerprint density at radius 1 is 1.43 bits per heavy atom. The molecule has 0 spiro atoms. The summed E-state index contributed by atoms with van der Waals surface area (Å²) >= 11 is 0. The Balaban J connectivity index is 2.09. The van der Waals surface area contributed by atoms with E-state index in [1.165, 1.54) is 4.90 Å². The molecule has 5 nitrogen and oxygen atoms in total. The second-order valence-corrected chi connectivity index (χ2v) is 12.3. The molecule has 1 aliphatic heterocycles. The van der Waals surface area contributed by atoms with Crippen LogP contribution < -0.4 is 4.90 Å². The van der Waals surface area contributed by atoms with Gasteiger partial charge in [-0.1, -0.05) is 19.6 Å². The van der Waals surface area contributed by atoms with Crippen molar-refractivity contribution in [1.82, 2.24) is 0 Å². The van der Waals surface area contributed by atoms with Gasteiger partial charge in [0.1, 0.15) is 5.75 Å². The molecule has 0 aromatic heterocycles.